The van der Waals surface area contributed by atoms with Crippen LogP contribution in [-0.2, 0) is 0 Å². The number of nitrogen functional groups attached to an aromatic ring is 1. The SMILES string of the molecule is CCN(CC)c1ccc(N)cn1.Cl. The number of pyridine rings is 1. The van der Waals surface area contributed by atoms with E-state index in [1.165, 1.54) is 0 Å². The lowest BCUT2D eigenvalue weighted by atomic mass is 10.4. The van der Waals surface area contributed by atoms with E-state index in [0.29, 0.717) is 5.69 Å². The molecule has 3 nitrogen and oxygen atoms in total. The van der Waals surface area contributed by atoms with Gasteiger partial charge in [-0.05, 0) is 26.0 Å². The van der Waals surface area contributed by atoms with Crippen molar-refractivity contribution in [2.45, 2.75) is 13.8 Å². The second-order valence-electron chi connectivity index (χ2n) is 2.62. The first kappa shape index (κ1) is 12.0. The summed E-state index contributed by atoms with van der Waals surface area (Å²) < 4.78 is 0. The minimum Gasteiger partial charge on any atom is -0.397 e. The Kier molecular flexibility index (Phi) is 5.23. The number of rotatable bonds is 3. The summed E-state index contributed by atoms with van der Waals surface area (Å²) in [4.78, 5) is 6.40. The van der Waals surface area contributed by atoms with Crippen LogP contribution in [0.5, 0.6) is 0 Å². The normalized spacial score (nSPS) is 9.08. The van der Waals surface area contributed by atoms with Crippen LogP contribution in [0.25, 0.3) is 0 Å². The van der Waals surface area contributed by atoms with Gasteiger partial charge in [-0.15, -0.1) is 12.4 Å². The summed E-state index contributed by atoms with van der Waals surface area (Å²) in [5, 5.41) is 0. The van der Waals surface area contributed by atoms with Crippen molar-refractivity contribution in [1.29, 1.82) is 0 Å². The summed E-state index contributed by atoms with van der Waals surface area (Å²) in [5.41, 5.74) is 6.24. The Morgan fingerprint density at radius 3 is 2.31 bits per heavy atom. The van der Waals surface area contributed by atoms with E-state index in [-0.39, 0.29) is 12.4 Å². The van der Waals surface area contributed by atoms with Gasteiger partial charge < -0.3 is 10.6 Å². The molecule has 0 aliphatic heterocycles. The fraction of sp³-hybridized carbons (Fsp3) is 0.444. The highest BCUT2D eigenvalue weighted by molar-refractivity contribution is 5.85. The lowest BCUT2D eigenvalue weighted by Crippen LogP contribution is -2.22. The van der Waals surface area contributed by atoms with Gasteiger partial charge in [-0.2, -0.15) is 0 Å². The molecule has 0 aromatic carbocycles. The monoisotopic (exact) mass is 201 g/mol. The molecule has 1 aromatic rings. The molecule has 0 saturated heterocycles. The van der Waals surface area contributed by atoms with E-state index < -0.39 is 0 Å². The molecule has 1 aromatic heterocycles. The zero-order chi connectivity index (χ0) is 8.97. The molecule has 0 fully saturated rings. The molecular formula is C9H16ClN3. The average Bonchev–Trinajstić information content (AvgIpc) is 2.10. The van der Waals surface area contributed by atoms with Crippen LogP contribution in [0, 0.1) is 0 Å². The van der Waals surface area contributed by atoms with Gasteiger partial charge in [0.2, 0.25) is 0 Å². The standard InChI is InChI=1S/C9H15N3.ClH/c1-3-12(4-2)9-6-5-8(10)7-11-9;/h5-7H,3-4,10H2,1-2H3;1H. The fourth-order valence-electron chi connectivity index (χ4n) is 1.13. The van der Waals surface area contributed by atoms with E-state index in [1.54, 1.807) is 6.20 Å². The minimum atomic E-state index is 0. The lowest BCUT2D eigenvalue weighted by molar-refractivity contribution is 0.846. The maximum absolute atomic E-state index is 5.53. The minimum absolute atomic E-state index is 0. The first-order chi connectivity index (χ1) is 5.77. The van der Waals surface area contributed by atoms with E-state index in [9.17, 15) is 0 Å². The zero-order valence-corrected chi connectivity index (χ0v) is 8.84. The molecule has 0 saturated carbocycles. The van der Waals surface area contributed by atoms with Crippen molar-refractivity contribution in [2.24, 2.45) is 0 Å². The summed E-state index contributed by atoms with van der Waals surface area (Å²) in [6.45, 7) is 6.18. The molecule has 0 aliphatic carbocycles. The molecule has 0 bridgehead atoms. The van der Waals surface area contributed by atoms with Crippen LogP contribution in [0.15, 0.2) is 18.3 Å². The van der Waals surface area contributed by atoms with Gasteiger partial charge >= 0.3 is 0 Å². The number of anilines is 2. The number of hydrogen-bond donors (Lipinski definition) is 1. The van der Waals surface area contributed by atoms with Gasteiger partial charge in [-0.25, -0.2) is 4.98 Å². The molecule has 74 valence electrons. The zero-order valence-electron chi connectivity index (χ0n) is 8.03. The Balaban J connectivity index is 0.00000144. The van der Waals surface area contributed by atoms with Gasteiger partial charge in [0, 0.05) is 13.1 Å². The molecule has 1 rings (SSSR count). The summed E-state index contributed by atoms with van der Waals surface area (Å²) >= 11 is 0. The van der Waals surface area contributed by atoms with Gasteiger partial charge in [-0.1, -0.05) is 0 Å². The molecule has 0 unspecified atom stereocenters. The smallest absolute Gasteiger partial charge is 0.128 e. The van der Waals surface area contributed by atoms with E-state index in [4.69, 9.17) is 5.73 Å². The van der Waals surface area contributed by atoms with Gasteiger partial charge in [0.25, 0.3) is 0 Å². The van der Waals surface area contributed by atoms with Gasteiger partial charge in [0.15, 0.2) is 0 Å². The van der Waals surface area contributed by atoms with Crippen LogP contribution < -0.4 is 10.6 Å². The number of nitrogens with zero attached hydrogens (tertiary/aromatic N) is 2. The number of aromatic nitrogens is 1. The molecule has 13 heavy (non-hydrogen) atoms. The molecule has 2 N–H and O–H groups in total. The summed E-state index contributed by atoms with van der Waals surface area (Å²) in [5.74, 6) is 0.995. The summed E-state index contributed by atoms with van der Waals surface area (Å²) in [7, 11) is 0. The molecular weight excluding hydrogens is 186 g/mol. The largest absolute Gasteiger partial charge is 0.397 e. The molecule has 0 atom stereocenters. The summed E-state index contributed by atoms with van der Waals surface area (Å²) in [6, 6.07) is 3.82. The highest BCUT2D eigenvalue weighted by Gasteiger charge is 2.00. The maximum atomic E-state index is 5.53. The topological polar surface area (TPSA) is 42.1 Å². The summed E-state index contributed by atoms with van der Waals surface area (Å²) in [6.07, 6.45) is 1.69. The van der Waals surface area contributed by atoms with Crippen molar-refractivity contribution in [3.8, 4) is 0 Å². The third-order valence-corrected chi connectivity index (χ3v) is 1.86. The average molecular weight is 202 g/mol. The second kappa shape index (κ2) is 5.65. The van der Waals surface area contributed by atoms with Crippen LogP contribution in [0.2, 0.25) is 0 Å². The van der Waals surface area contributed by atoms with E-state index in [0.717, 1.165) is 18.9 Å². The van der Waals surface area contributed by atoms with Crippen LogP contribution in [0.3, 0.4) is 0 Å². The Labute approximate surface area is 85.4 Å². The Morgan fingerprint density at radius 1 is 1.31 bits per heavy atom. The van der Waals surface area contributed by atoms with Crippen molar-refractivity contribution in [3.63, 3.8) is 0 Å². The lowest BCUT2D eigenvalue weighted by Gasteiger charge is -2.19. The quantitative estimate of drug-likeness (QED) is 0.813. The Bertz CT molecular complexity index is 231. The molecule has 1 heterocycles. The van der Waals surface area contributed by atoms with Crippen molar-refractivity contribution >= 4 is 23.9 Å². The molecule has 0 radical (unpaired) electrons. The fourth-order valence-corrected chi connectivity index (χ4v) is 1.13. The van der Waals surface area contributed by atoms with Crippen LogP contribution >= 0.6 is 12.4 Å². The number of hydrogen-bond acceptors (Lipinski definition) is 3. The van der Waals surface area contributed by atoms with Crippen LogP contribution in [-0.4, -0.2) is 18.1 Å². The van der Waals surface area contributed by atoms with Crippen molar-refractivity contribution < 1.29 is 0 Å². The molecule has 0 aliphatic rings. The van der Waals surface area contributed by atoms with E-state index in [1.807, 2.05) is 12.1 Å². The van der Waals surface area contributed by atoms with Gasteiger partial charge in [0.1, 0.15) is 5.82 Å². The van der Waals surface area contributed by atoms with Crippen molar-refractivity contribution in [1.82, 2.24) is 4.98 Å². The highest BCUT2D eigenvalue weighted by Crippen LogP contribution is 2.10. The first-order valence-electron chi connectivity index (χ1n) is 4.24. The van der Waals surface area contributed by atoms with Gasteiger partial charge in [0.05, 0.1) is 11.9 Å². The maximum Gasteiger partial charge on any atom is 0.128 e. The van der Waals surface area contributed by atoms with Crippen molar-refractivity contribution in [3.05, 3.63) is 18.3 Å². The second-order valence-corrected chi connectivity index (χ2v) is 2.62. The van der Waals surface area contributed by atoms with E-state index >= 15 is 0 Å². The van der Waals surface area contributed by atoms with Crippen LogP contribution in [0.4, 0.5) is 11.5 Å². The predicted molar refractivity (Wildman–Crippen MR) is 59.5 cm³/mol. The molecule has 0 amide bonds. The molecule has 0 spiro atoms. The predicted octanol–water partition coefficient (Wildman–Crippen LogP) is 1.93. The molecule has 4 heteroatoms. The van der Waals surface area contributed by atoms with Gasteiger partial charge in [-0.3, -0.25) is 0 Å². The highest BCUT2D eigenvalue weighted by atomic mass is 35.5. The Morgan fingerprint density at radius 2 is 1.92 bits per heavy atom. The first-order valence-corrected chi connectivity index (χ1v) is 4.24. The third kappa shape index (κ3) is 3.11. The number of halogens is 1. The third-order valence-electron chi connectivity index (χ3n) is 1.86. The van der Waals surface area contributed by atoms with Crippen LogP contribution in [0.1, 0.15) is 13.8 Å². The van der Waals surface area contributed by atoms with Crippen molar-refractivity contribution in [2.75, 3.05) is 23.7 Å². The Hall–Kier alpha value is -0.960. The van der Waals surface area contributed by atoms with E-state index in [2.05, 4.69) is 23.7 Å². The number of nitrogens with two attached hydrogens (primary N) is 1.